The number of carboxylic acid groups (broad SMARTS) is 1. The number of hydrogen-bond donors (Lipinski definition) is 5. The van der Waals surface area contributed by atoms with E-state index >= 15 is 0 Å². The fourth-order valence-corrected chi connectivity index (χ4v) is 1.50. The van der Waals surface area contributed by atoms with Crippen LogP contribution >= 0.6 is 0 Å². The number of nitrogens with one attached hydrogen (secondary N) is 2. The number of nitro benzene ring substituents is 1. The second kappa shape index (κ2) is 5.10. The quantitative estimate of drug-likeness (QED) is 0.118. The number of nitrogens with two attached hydrogens (primary N) is 2. The predicted molar refractivity (Wildman–Crippen MR) is 62.7 cm³/mol. The molecular weight excluding hydrogens is 258 g/mol. The van der Waals surface area contributed by atoms with Crippen LogP contribution < -0.4 is 17.0 Å². The average Bonchev–Trinajstić information content (AvgIpc) is 2.35. The number of nitrogens with zero attached hydrogens (tertiary/aromatic N) is 1. The number of hydrazine groups is 1. The van der Waals surface area contributed by atoms with Gasteiger partial charge >= 0.3 is 5.97 Å². The number of hydrogen-bond acceptors (Lipinski definition) is 6. The molecule has 0 aliphatic rings. The molecule has 10 heteroatoms. The van der Waals surface area contributed by atoms with E-state index in [9.17, 15) is 19.7 Å². The minimum atomic E-state index is -1.48. The monoisotopic (exact) mass is 267 g/mol. The Morgan fingerprint density at radius 2 is 1.95 bits per heavy atom. The van der Waals surface area contributed by atoms with Crippen molar-refractivity contribution >= 4 is 23.4 Å². The van der Waals surface area contributed by atoms with E-state index in [4.69, 9.17) is 22.1 Å². The molecule has 1 amide bonds. The summed E-state index contributed by atoms with van der Waals surface area (Å²) in [7, 11) is 0. The number of nitrogen functional groups attached to an aromatic ring is 2. The van der Waals surface area contributed by atoms with Crippen LogP contribution in [0.25, 0.3) is 0 Å². The van der Waals surface area contributed by atoms with E-state index in [1.54, 1.807) is 5.43 Å². The molecule has 0 heterocycles. The van der Waals surface area contributed by atoms with E-state index < -0.39 is 45.0 Å². The van der Waals surface area contributed by atoms with E-state index in [2.05, 4.69) is 0 Å². The van der Waals surface area contributed by atoms with Crippen molar-refractivity contribution in [2.24, 2.45) is 11.6 Å². The summed E-state index contributed by atoms with van der Waals surface area (Å²) in [5, 5.41) is 27.0. The number of nitro groups is 1. The van der Waals surface area contributed by atoms with Gasteiger partial charge in [-0.15, -0.1) is 0 Å². The fraction of sp³-hybridized carbons (Fsp3) is 0. The highest BCUT2D eigenvalue weighted by atomic mass is 16.6. The van der Waals surface area contributed by atoms with Gasteiger partial charge in [0.2, 0.25) is 0 Å². The van der Waals surface area contributed by atoms with Crippen molar-refractivity contribution in [3.8, 4) is 0 Å². The summed E-state index contributed by atoms with van der Waals surface area (Å²) in [4.78, 5) is 32.5. The maximum absolute atomic E-state index is 11.6. The molecule has 0 radical (unpaired) electrons. The van der Waals surface area contributed by atoms with Gasteiger partial charge in [0.25, 0.3) is 11.6 Å². The van der Waals surface area contributed by atoms with Crippen LogP contribution in [0, 0.1) is 15.5 Å². The van der Waals surface area contributed by atoms with Crippen LogP contribution in [0.15, 0.2) is 12.1 Å². The lowest BCUT2D eigenvalue weighted by atomic mass is 9.97. The van der Waals surface area contributed by atoms with Crippen LogP contribution in [0.3, 0.4) is 0 Å². The Morgan fingerprint density at radius 3 is 2.32 bits per heavy atom. The second-order valence-electron chi connectivity index (χ2n) is 3.33. The molecule has 0 aliphatic heterocycles. The van der Waals surface area contributed by atoms with Crippen LogP contribution in [-0.4, -0.2) is 27.7 Å². The minimum Gasteiger partial charge on any atom is -0.478 e. The van der Waals surface area contributed by atoms with Gasteiger partial charge in [-0.05, 0) is 6.07 Å². The van der Waals surface area contributed by atoms with Gasteiger partial charge in [0.1, 0.15) is 11.4 Å². The van der Waals surface area contributed by atoms with Gasteiger partial charge in [0.15, 0.2) is 0 Å². The second-order valence-corrected chi connectivity index (χ2v) is 3.33. The fourth-order valence-electron chi connectivity index (χ4n) is 1.50. The Hall–Kier alpha value is -3.01. The zero-order valence-corrected chi connectivity index (χ0v) is 9.34. The number of amidine groups is 1. The molecule has 0 bridgehead atoms. The SMILES string of the molecule is N=C(N)c1c(C(=O)O)ccc([N+](=O)[O-])c1C(=O)NN. The molecular formula is C9H9N5O5. The third-order valence-electron chi connectivity index (χ3n) is 2.24. The zero-order valence-electron chi connectivity index (χ0n) is 9.34. The number of carbonyl (C=O) groups is 2. The molecule has 10 nitrogen and oxygen atoms in total. The Morgan fingerprint density at radius 1 is 1.37 bits per heavy atom. The van der Waals surface area contributed by atoms with Gasteiger partial charge in [-0.1, -0.05) is 0 Å². The van der Waals surface area contributed by atoms with Crippen LogP contribution in [0.4, 0.5) is 5.69 Å². The van der Waals surface area contributed by atoms with Gasteiger partial charge in [0.05, 0.1) is 16.1 Å². The Labute approximate surface area is 105 Å². The zero-order chi connectivity index (χ0) is 14.7. The van der Waals surface area contributed by atoms with Crippen LogP contribution in [0.1, 0.15) is 26.3 Å². The lowest BCUT2D eigenvalue weighted by Crippen LogP contribution is -2.33. The van der Waals surface area contributed by atoms with Gasteiger partial charge in [-0.2, -0.15) is 0 Å². The smallest absolute Gasteiger partial charge is 0.336 e. The Balaban J connectivity index is 3.81. The number of carboxylic acids is 1. The molecule has 0 unspecified atom stereocenters. The third kappa shape index (κ3) is 2.47. The van der Waals surface area contributed by atoms with Crippen molar-refractivity contribution in [3.05, 3.63) is 38.9 Å². The first-order chi connectivity index (χ1) is 8.81. The summed E-state index contributed by atoms with van der Waals surface area (Å²) < 4.78 is 0. The average molecular weight is 267 g/mol. The maximum Gasteiger partial charge on any atom is 0.336 e. The van der Waals surface area contributed by atoms with Gasteiger partial charge < -0.3 is 10.8 Å². The van der Waals surface area contributed by atoms with Crippen molar-refractivity contribution in [3.63, 3.8) is 0 Å². The van der Waals surface area contributed by atoms with E-state index in [0.29, 0.717) is 0 Å². The molecule has 1 rings (SSSR count). The summed E-state index contributed by atoms with van der Waals surface area (Å²) in [6.07, 6.45) is 0. The third-order valence-corrected chi connectivity index (χ3v) is 2.24. The molecule has 0 aromatic heterocycles. The molecule has 0 atom stereocenters. The Kier molecular flexibility index (Phi) is 3.77. The molecule has 100 valence electrons. The minimum absolute atomic E-state index is 0.503. The lowest BCUT2D eigenvalue weighted by molar-refractivity contribution is -0.385. The van der Waals surface area contributed by atoms with E-state index in [1.165, 1.54) is 0 Å². The number of rotatable bonds is 4. The van der Waals surface area contributed by atoms with Gasteiger partial charge in [0, 0.05) is 6.07 Å². The van der Waals surface area contributed by atoms with Crippen molar-refractivity contribution in [1.29, 1.82) is 5.41 Å². The molecule has 0 aliphatic carbocycles. The maximum atomic E-state index is 11.6. The van der Waals surface area contributed by atoms with Crippen molar-refractivity contribution in [1.82, 2.24) is 5.43 Å². The molecule has 19 heavy (non-hydrogen) atoms. The standard InChI is InChI=1S/C9H9N5O5/c10-7(11)5-3(9(16)17)1-2-4(14(18)19)6(5)8(15)13-12/h1-2H,12H2,(H3,10,11)(H,13,15)(H,16,17). The molecule has 0 fully saturated rings. The molecule has 1 aromatic carbocycles. The Bertz CT molecular complexity index is 597. The lowest BCUT2D eigenvalue weighted by Gasteiger charge is -2.10. The summed E-state index contributed by atoms with van der Waals surface area (Å²) in [5.74, 6) is 1.50. The summed E-state index contributed by atoms with van der Waals surface area (Å²) >= 11 is 0. The summed E-state index contributed by atoms with van der Waals surface area (Å²) in [5.41, 5.74) is 4.42. The number of carbonyl (C=O) groups excluding carboxylic acids is 1. The molecule has 0 spiro atoms. The first-order valence-electron chi connectivity index (χ1n) is 4.71. The highest BCUT2D eigenvalue weighted by Crippen LogP contribution is 2.25. The molecule has 0 saturated heterocycles. The molecule has 1 aromatic rings. The van der Waals surface area contributed by atoms with Crippen LogP contribution in [0.2, 0.25) is 0 Å². The summed E-state index contributed by atoms with van der Waals surface area (Å²) in [6.45, 7) is 0. The van der Waals surface area contributed by atoms with E-state index in [1.807, 2.05) is 0 Å². The van der Waals surface area contributed by atoms with E-state index in [0.717, 1.165) is 12.1 Å². The molecule has 0 saturated carbocycles. The van der Waals surface area contributed by atoms with Crippen LogP contribution in [-0.2, 0) is 0 Å². The van der Waals surface area contributed by atoms with Gasteiger partial charge in [-0.25, -0.2) is 10.6 Å². The normalized spacial score (nSPS) is 9.74. The van der Waals surface area contributed by atoms with Crippen molar-refractivity contribution < 1.29 is 19.6 Å². The van der Waals surface area contributed by atoms with Crippen LogP contribution in [0.5, 0.6) is 0 Å². The van der Waals surface area contributed by atoms with Gasteiger partial charge in [-0.3, -0.25) is 25.7 Å². The number of aromatic carboxylic acids is 1. The summed E-state index contributed by atoms with van der Waals surface area (Å²) in [6, 6.07) is 1.73. The number of amides is 1. The highest BCUT2D eigenvalue weighted by molar-refractivity contribution is 6.15. The first-order valence-corrected chi connectivity index (χ1v) is 4.71. The topological polar surface area (TPSA) is 185 Å². The van der Waals surface area contributed by atoms with Crippen molar-refractivity contribution in [2.45, 2.75) is 0 Å². The highest BCUT2D eigenvalue weighted by Gasteiger charge is 2.29. The predicted octanol–water partition coefficient (Wildman–Crippen LogP) is -0.819. The largest absolute Gasteiger partial charge is 0.478 e. The molecule has 7 N–H and O–H groups in total. The number of benzene rings is 1. The van der Waals surface area contributed by atoms with Crippen molar-refractivity contribution in [2.75, 3.05) is 0 Å². The first kappa shape index (κ1) is 14.1. The van der Waals surface area contributed by atoms with E-state index in [-0.39, 0.29) is 0 Å².